The summed E-state index contributed by atoms with van der Waals surface area (Å²) in [7, 11) is 0. The van der Waals surface area contributed by atoms with Gasteiger partial charge in [-0.15, -0.1) is 0 Å². The molecule has 0 saturated carbocycles. The fourth-order valence-electron chi connectivity index (χ4n) is 1.26. The molecule has 0 amide bonds. The van der Waals surface area contributed by atoms with Crippen LogP contribution in [0, 0.1) is 4.77 Å². The van der Waals surface area contributed by atoms with Crippen molar-refractivity contribution in [3.63, 3.8) is 0 Å². The van der Waals surface area contributed by atoms with Gasteiger partial charge < -0.3 is 4.98 Å². The molecule has 6 heteroatoms. The van der Waals surface area contributed by atoms with Crippen LogP contribution < -0.4 is 0 Å². The van der Waals surface area contributed by atoms with Crippen molar-refractivity contribution in [1.82, 2.24) is 9.55 Å². The maximum Gasteiger partial charge on any atom is 0.181 e. The average molecular weight is 280 g/mol. The van der Waals surface area contributed by atoms with Gasteiger partial charge in [-0.2, -0.15) is 0 Å². The van der Waals surface area contributed by atoms with E-state index in [2.05, 4.69) is 4.98 Å². The number of H-pyrrole nitrogens is 1. The molecule has 2 nitrogen and oxygen atoms in total. The molecule has 1 heterocycles. The number of nitrogens with zero attached hydrogens (tertiary/aromatic N) is 1. The third-order valence-corrected chi connectivity index (χ3v) is 2.98. The van der Waals surface area contributed by atoms with Crippen LogP contribution in [0.4, 0.5) is 0 Å². The van der Waals surface area contributed by atoms with Crippen molar-refractivity contribution in [2.75, 3.05) is 0 Å². The molecule has 15 heavy (non-hydrogen) atoms. The summed E-state index contributed by atoms with van der Waals surface area (Å²) in [5.41, 5.74) is 0.633. The Kier molecular flexibility index (Phi) is 3.07. The lowest BCUT2D eigenvalue weighted by molar-refractivity contribution is 1.03. The Balaban J connectivity index is 2.74. The monoisotopic (exact) mass is 278 g/mol. The molecule has 0 bridgehead atoms. The maximum atomic E-state index is 6.05. The van der Waals surface area contributed by atoms with Crippen LogP contribution in [0.2, 0.25) is 15.1 Å². The Bertz CT molecular complexity index is 535. The molecule has 0 fully saturated rings. The molecule has 0 aliphatic rings. The molecule has 78 valence electrons. The minimum atomic E-state index is 0.461. The molecule has 2 rings (SSSR count). The Morgan fingerprint density at radius 3 is 2.20 bits per heavy atom. The van der Waals surface area contributed by atoms with Gasteiger partial charge in [-0.3, -0.25) is 4.57 Å². The van der Waals surface area contributed by atoms with Crippen molar-refractivity contribution in [3.05, 3.63) is 44.4 Å². The van der Waals surface area contributed by atoms with E-state index in [1.165, 1.54) is 0 Å². The van der Waals surface area contributed by atoms with Crippen molar-refractivity contribution in [1.29, 1.82) is 0 Å². The van der Waals surface area contributed by atoms with Gasteiger partial charge in [0, 0.05) is 17.4 Å². The zero-order valence-corrected chi connectivity index (χ0v) is 10.4. The standard InChI is InChI=1S/C9H5Cl3N2S/c10-5-3-6(11)8(7(12)4-5)14-2-1-13-9(14)15/h1-4H,(H,13,15). The topological polar surface area (TPSA) is 20.7 Å². The molecule has 2 aromatic rings. The molecule has 1 aromatic heterocycles. The molecule has 0 atom stereocenters. The normalized spacial score (nSPS) is 10.6. The molecule has 0 aliphatic heterocycles. The summed E-state index contributed by atoms with van der Waals surface area (Å²) in [5, 5.41) is 1.42. The van der Waals surface area contributed by atoms with Gasteiger partial charge >= 0.3 is 0 Å². The van der Waals surface area contributed by atoms with Gasteiger partial charge in [-0.1, -0.05) is 34.8 Å². The molecule has 0 unspecified atom stereocenters. The summed E-state index contributed by atoms with van der Waals surface area (Å²) in [6.45, 7) is 0. The highest BCUT2D eigenvalue weighted by atomic mass is 35.5. The molecule has 0 aliphatic carbocycles. The third-order valence-electron chi connectivity index (χ3n) is 1.87. The fourth-order valence-corrected chi connectivity index (χ4v) is 2.48. The quantitative estimate of drug-likeness (QED) is 0.763. The zero-order valence-electron chi connectivity index (χ0n) is 7.30. The van der Waals surface area contributed by atoms with Crippen molar-refractivity contribution in [3.8, 4) is 5.69 Å². The molecule has 0 radical (unpaired) electrons. The van der Waals surface area contributed by atoms with Crippen LogP contribution in [-0.4, -0.2) is 9.55 Å². The highest BCUT2D eigenvalue weighted by molar-refractivity contribution is 7.71. The van der Waals surface area contributed by atoms with Crippen LogP contribution >= 0.6 is 47.0 Å². The fraction of sp³-hybridized carbons (Fsp3) is 0. The van der Waals surface area contributed by atoms with E-state index < -0.39 is 0 Å². The minimum absolute atomic E-state index is 0.461. The molecule has 1 aromatic carbocycles. The van der Waals surface area contributed by atoms with Crippen LogP contribution in [0.5, 0.6) is 0 Å². The zero-order chi connectivity index (χ0) is 11.0. The van der Waals surface area contributed by atoms with Gasteiger partial charge in [0.05, 0.1) is 15.7 Å². The summed E-state index contributed by atoms with van der Waals surface area (Å²) in [6.07, 6.45) is 3.47. The van der Waals surface area contributed by atoms with Crippen LogP contribution in [0.3, 0.4) is 0 Å². The first-order valence-corrected chi connectivity index (χ1v) is 5.55. The van der Waals surface area contributed by atoms with Gasteiger partial charge in [0.1, 0.15) is 0 Å². The van der Waals surface area contributed by atoms with Gasteiger partial charge in [0.2, 0.25) is 0 Å². The predicted molar refractivity (Wildman–Crippen MR) is 66.0 cm³/mol. The number of rotatable bonds is 1. The lowest BCUT2D eigenvalue weighted by Crippen LogP contribution is -1.94. The van der Waals surface area contributed by atoms with E-state index in [0.717, 1.165) is 0 Å². The first kappa shape index (κ1) is 11.0. The van der Waals surface area contributed by atoms with Crippen molar-refractivity contribution in [2.24, 2.45) is 0 Å². The molecular formula is C9H5Cl3N2S. The Morgan fingerprint density at radius 1 is 1.13 bits per heavy atom. The van der Waals surface area contributed by atoms with Gasteiger partial charge in [-0.25, -0.2) is 0 Å². The number of benzene rings is 1. The number of halogens is 3. The van der Waals surface area contributed by atoms with Gasteiger partial charge in [-0.05, 0) is 24.4 Å². The lowest BCUT2D eigenvalue weighted by Gasteiger charge is -2.08. The minimum Gasteiger partial charge on any atom is -0.337 e. The van der Waals surface area contributed by atoms with Crippen LogP contribution in [-0.2, 0) is 0 Å². The number of hydrogen-bond acceptors (Lipinski definition) is 1. The number of imidazole rings is 1. The Labute approximate surface area is 106 Å². The summed E-state index contributed by atoms with van der Waals surface area (Å²) < 4.78 is 2.22. The van der Waals surface area contributed by atoms with Gasteiger partial charge in [0.15, 0.2) is 4.77 Å². The van der Waals surface area contributed by atoms with E-state index in [1.807, 2.05) is 0 Å². The molecule has 1 N–H and O–H groups in total. The number of aromatic amines is 1. The van der Waals surface area contributed by atoms with E-state index in [1.54, 1.807) is 29.1 Å². The Hall–Kier alpha value is -0.480. The second-order valence-electron chi connectivity index (χ2n) is 2.85. The summed E-state index contributed by atoms with van der Waals surface area (Å²) in [5.74, 6) is 0. The summed E-state index contributed by atoms with van der Waals surface area (Å²) >= 11 is 23.0. The first-order chi connectivity index (χ1) is 7.09. The van der Waals surface area contributed by atoms with Crippen molar-refractivity contribution < 1.29 is 0 Å². The van der Waals surface area contributed by atoms with Crippen molar-refractivity contribution >= 4 is 47.0 Å². The smallest absolute Gasteiger partial charge is 0.181 e. The highest BCUT2D eigenvalue weighted by Gasteiger charge is 2.10. The van der Waals surface area contributed by atoms with Crippen LogP contribution in [0.1, 0.15) is 0 Å². The second-order valence-corrected chi connectivity index (χ2v) is 4.49. The molecule has 0 spiro atoms. The number of nitrogens with one attached hydrogen (secondary N) is 1. The average Bonchev–Trinajstić information content (AvgIpc) is 2.50. The van der Waals surface area contributed by atoms with Gasteiger partial charge in [0.25, 0.3) is 0 Å². The van der Waals surface area contributed by atoms with E-state index in [0.29, 0.717) is 25.5 Å². The predicted octanol–water partition coefficient (Wildman–Crippen LogP) is 4.50. The summed E-state index contributed by atoms with van der Waals surface area (Å²) in [6, 6.07) is 3.25. The van der Waals surface area contributed by atoms with Crippen LogP contribution in [0.25, 0.3) is 5.69 Å². The third kappa shape index (κ3) is 2.06. The maximum absolute atomic E-state index is 6.05. The molecule has 0 saturated heterocycles. The van der Waals surface area contributed by atoms with Crippen molar-refractivity contribution in [2.45, 2.75) is 0 Å². The number of aromatic nitrogens is 2. The second kappa shape index (κ2) is 4.18. The lowest BCUT2D eigenvalue weighted by atomic mass is 10.3. The SMILES string of the molecule is S=c1[nH]ccn1-c1c(Cl)cc(Cl)cc1Cl. The molecular weight excluding hydrogens is 275 g/mol. The van der Waals surface area contributed by atoms with E-state index in [9.17, 15) is 0 Å². The van der Waals surface area contributed by atoms with E-state index in [-0.39, 0.29) is 0 Å². The largest absolute Gasteiger partial charge is 0.337 e. The Morgan fingerprint density at radius 2 is 1.73 bits per heavy atom. The van der Waals surface area contributed by atoms with E-state index in [4.69, 9.17) is 47.0 Å². The summed E-state index contributed by atoms with van der Waals surface area (Å²) in [4.78, 5) is 2.86. The first-order valence-electron chi connectivity index (χ1n) is 4.00. The van der Waals surface area contributed by atoms with Crippen LogP contribution in [0.15, 0.2) is 24.5 Å². The number of hydrogen-bond donors (Lipinski definition) is 1. The van der Waals surface area contributed by atoms with E-state index >= 15 is 0 Å². The highest BCUT2D eigenvalue weighted by Crippen LogP contribution is 2.32.